The van der Waals surface area contributed by atoms with Crippen molar-refractivity contribution in [2.75, 3.05) is 26.8 Å². The first-order chi connectivity index (χ1) is 12.4. The van der Waals surface area contributed by atoms with E-state index in [9.17, 15) is 9.59 Å². The first-order valence-electron chi connectivity index (χ1n) is 9.81. The van der Waals surface area contributed by atoms with Gasteiger partial charge in [-0.25, -0.2) is 0 Å². The summed E-state index contributed by atoms with van der Waals surface area (Å²) in [5.74, 6) is 0.721. The van der Waals surface area contributed by atoms with Gasteiger partial charge < -0.3 is 15.0 Å². The van der Waals surface area contributed by atoms with Gasteiger partial charge in [0.15, 0.2) is 0 Å². The van der Waals surface area contributed by atoms with Gasteiger partial charge in [-0.15, -0.1) is 0 Å². The van der Waals surface area contributed by atoms with Gasteiger partial charge in [-0.1, -0.05) is 39.5 Å². The van der Waals surface area contributed by atoms with E-state index in [2.05, 4.69) is 44.8 Å². The van der Waals surface area contributed by atoms with Crippen molar-refractivity contribution in [3.8, 4) is 0 Å². The molecule has 0 saturated carbocycles. The molecule has 2 amide bonds. The minimum atomic E-state index is -0.0406. The van der Waals surface area contributed by atoms with E-state index in [-0.39, 0.29) is 11.8 Å². The molecule has 5 heteroatoms. The summed E-state index contributed by atoms with van der Waals surface area (Å²) >= 11 is 0. The summed E-state index contributed by atoms with van der Waals surface area (Å²) in [5.41, 5.74) is 0.603. The Morgan fingerprint density at radius 1 is 1.19 bits per heavy atom. The van der Waals surface area contributed by atoms with Crippen LogP contribution in [0, 0.1) is 5.92 Å². The number of nitrogens with one attached hydrogen (secondary N) is 1. The lowest BCUT2D eigenvalue weighted by atomic mass is 10.1. The van der Waals surface area contributed by atoms with Gasteiger partial charge in [-0.2, -0.15) is 0 Å². The predicted molar refractivity (Wildman–Crippen MR) is 108 cm³/mol. The molecule has 5 nitrogen and oxygen atoms in total. The van der Waals surface area contributed by atoms with Crippen molar-refractivity contribution in [1.29, 1.82) is 0 Å². The second-order valence-corrected chi connectivity index (χ2v) is 7.08. The smallest absolute Gasteiger partial charge is 0.224 e. The number of hydrogen-bond donors (Lipinski definition) is 1. The largest absolute Gasteiger partial charge is 0.375 e. The molecule has 0 spiro atoms. The number of amides is 2. The zero-order chi connectivity index (χ0) is 19.8. The maximum absolute atomic E-state index is 11.9. The molecule has 0 atom stereocenters. The van der Waals surface area contributed by atoms with E-state index in [1.807, 2.05) is 7.05 Å². The third kappa shape index (κ3) is 14.7. The first kappa shape index (κ1) is 24.4. The Labute approximate surface area is 159 Å². The summed E-state index contributed by atoms with van der Waals surface area (Å²) in [6.07, 6.45) is 9.48. The molecule has 26 heavy (non-hydrogen) atoms. The maximum Gasteiger partial charge on any atom is 0.224 e. The summed E-state index contributed by atoms with van der Waals surface area (Å²) in [5, 5.41) is 2.77. The molecule has 0 radical (unpaired) electrons. The van der Waals surface area contributed by atoms with Gasteiger partial charge in [-0.05, 0) is 38.0 Å². The normalized spacial score (nSPS) is 11.1. The lowest BCUT2D eigenvalue weighted by Crippen LogP contribution is -2.28. The van der Waals surface area contributed by atoms with Crippen LogP contribution in [0.1, 0.15) is 65.7 Å². The van der Waals surface area contributed by atoms with Gasteiger partial charge in [0.1, 0.15) is 0 Å². The van der Waals surface area contributed by atoms with Crippen molar-refractivity contribution < 1.29 is 14.3 Å². The SMILES string of the molecule is C=C(COCCC(C)C)NC(=O)CCCCN(C)C(=O)CC/C=C\CC. The second kappa shape index (κ2) is 15.6. The van der Waals surface area contributed by atoms with E-state index >= 15 is 0 Å². The standard InChI is InChI=1S/C21H38N2O3/c1-6-7-8-9-13-21(25)23(5)15-11-10-12-20(24)22-19(4)17-26-16-14-18(2)3/h7-8,18H,4,6,9-17H2,1-3,5H3,(H,22,24)/b8-7-. The number of allylic oxidation sites excluding steroid dienone is 2. The molecule has 0 heterocycles. The molecule has 0 aromatic heterocycles. The van der Waals surface area contributed by atoms with Crippen molar-refractivity contribution >= 4 is 11.8 Å². The van der Waals surface area contributed by atoms with Gasteiger partial charge >= 0.3 is 0 Å². The Bertz CT molecular complexity index is 445. The highest BCUT2D eigenvalue weighted by Crippen LogP contribution is 2.03. The van der Waals surface area contributed by atoms with Gasteiger partial charge in [-0.3, -0.25) is 9.59 Å². The second-order valence-electron chi connectivity index (χ2n) is 7.08. The number of carbonyl (C=O) groups excluding carboxylic acids is 2. The van der Waals surface area contributed by atoms with Crippen LogP contribution in [0.5, 0.6) is 0 Å². The number of carbonyl (C=O) groups is 2. The highest BCUT2D eigenvalue weighted by atomic mass is 16.5. The Morgan fingerprint density at radius 3 is 2.58 bits per heavy atom. The molecule has 0 rings (SSSR count). The topological polar surface area (TPSA) is 58.6 Å². The van der Waals surface area contributed by atoms with E-state index in [4.69, 9.17) is 4.74 Å². The molecule has 0 fully saturated rings. The third-order valence-electron chi connectivity index (χ3n) is 3.93. The average molecular weight is 367 g/mol. The van der Waals surface area contributed by atoms with E-state index in [1.165, 1.54) is 0 Å². The fraction of sp³-hybridized carbons (Fsp3) is 0.714. The van der Waals surface area contributed by atoms with Crippen molar-refractivity contribution in [3.63, 3.8) is 0 Å². The molecule has 1 N–H and O–H groups in total. The van der Waals surface area contributed by atoms with Crippen LogP contribution in [0.3, 0.4) is 0 Å². The average Bonchev–Trinajstić information content (AvgIpc) is 2.58. The van der Waals surface area contributed by atoms with Gasteiger partial charge in [0.2, 0.25) is 11.8 Å². The summed E-state index contributed by atoms with van der Waals surface area (Å²) in [6.45, 7) is 11.9. The molecule has 0 bridgehead atoms. The number of ether oxygens (including phenoxy) is 1. The van der Waals surface area contributed by atoms with Crippen LogP contribution >= 0.6 is 0 Å². The van der Waals surface area contributed by atoms with E-state index in [1.54, 1.807) is 4.90 Å². The number of nitrogens with zero attached hydrogens (tertiary/aromatic N) is 1. The Morgan fingerprint density at radius 2 is 1.92 bits per heavy atom. The van der Waals surface area contributed by atoms with E-state index < -0.39 is 0 Å². The van der Waals surface area contributed by atoms with Crippen LogP contribution in [0.15, 0.2) is 24.4 Å². The maximum atomic E-state index is 11.9. The van der Waals surface area contributed by atoms with Gasteiger partial charge in [0.25, 0.3) is 0 Å². The van der Waals surface area contributed by atoms with Crippen molar-refractivity contribution in [3.05, 3.63) is 24.4 Å². The van der Waals surface area contributed by atoms with Crippen LogP contribution in [0.25, 0.3) is 0 Å². The molecular weight excluding hydrogens is 328 g/mol. The number of rotatable bonds is 15. The van der Waals surface area contributed by atoms with Gasteiger partial charge in [0, 0.05) is 38.7 Å². The fourth-order valence-corrected chi connectivity index (χ4v) is 2.25. The van der Waals surface area contributed by atoms with E-state index in [0.29, 0.717) is 44.2 Å². The highest BCUT2D eigenvalue weighted by molar-refractivity contribution is 5.77. The van der Waals surface area contributed by atoms with Crippen molar-refractivity contribution in [1.82, 2.24) is 10.2 Å². The Balaban J connectivity index is 3.72. The molecule has 0 aromatic carbocycles. The molecule has 0 aliphatic heterocycles. The molecule has 0 aliphatic carbocycles. The van der Waals surface area contributed by atoms with E-state index in [0.717, 1.165) is 32.1 Å². The zero-order valence-corrected chi connectivity index (χ0v) is 17.2. The lowest BCUT2D eigenvalue weighted by molar-refractivity contribution is -0.129. The minimum absolute atomic E-state index is 0.0406. The summed E-state index contributed by atoms with van der Waals surface area (Å²) in [6, 6.07) is 0. The van der Waals surface area contributed by atoms with Crippen LogP contribution in [0.2, 0.25) is 0 Å². The monoisotopic (exact) mass is 366 g/mol. The van der Waals surface area contributed by atoms with Crippen LogP contribution < -0.4 is 5.32 Å². The molecule has 0 aromatic rings. The Hall–Kier alpha value is -1.62. The first-order valence-corrected chi connectivity index (χ1v) is 9.81. The summed E-state index contributed by atoms with van der Waals surface area (Å²) in [4.78, 5) is 25.5. The highest BCUT2D eigenvalue weighted by Gasteiger charge is 2.08. The number of hydrogen-bond acceptors (Lipinski definition) is 3. The predicted octanol–water partition coefficient (Wildman–Crippen LogP) is 4.05. The lowest BCUT2D eigenvalue weighted by Gasteiger charge is -2.16. The van der Waals surface area contributed by atoms with Crippen LogP contribution in [-0.2, 0) is 14.3 Å². The minimum Gasteiger partial charge on any atom is -0.375 e. The molecule has 0 aliphatic rings. The van der Waals surface area contributed by atoms with Crippen molar-refractivity contribution in [2.45, 2.75) is 65.7 Å². The van der Waals surface area contributed by atoms with Gasteiger partial charge in [0.05, 0.1) is 6.61 Å². The molecule has 150 valence electrons. The molecule has 0 unspecified atom stereocenters. The van der Waals surface area contributed by atoms with Crippen LogP contribution in [0.4, 0.5) is 0 Å². The molecule has 0 saturated heterocycles. The Kier molecular flexibility index (Phi) is 14.6. The summed E-state index contributed by atoms with van der Waals surface area (Å²) in [7, 11) is 1.82. The summed E-state index contributed by atoms with van der Waals surface area (Å²) < 4.78 is 5.47. The third-order valence-corrected chi connectivity index (χ3v) is 3.93. The zero-order valence-electron chi connectivity index (χ0n) is 17.2. The fourth-order valence-electron chi connectivity index (χ4n) is 2.25. The number of unbranched alkanes of at least 4 members (excludes halogenated alkanes) is 1. The van der Waals surface area contributed by atoms with Crippen LogP contribution in [-0.4, -0.2) is 43.5 Å². The van der Waals surface area contributed by atoms with Crippen molar-refractivity contribution in [2.24, 2.45) is 5.92 Å². The quantitative estimate of drug-likeness (QED) is 0.351. The molecular formula is C21H38N2O3.